The van der Waals surface area contributed by atoms with Gasteiger partial charge < -0.3 is 19.8 Å². The number of rotatable bonds is 12. The zero-order chi connectivity index (χ0) is 21.9. The molecule has 1 aromatic rings. The number of carboxylic acids is 1. The number of carbonyl (C=O) groups excluding carboxylic acids is 1. The summed E-state index contributed by atoms with van der Waals surface area (Å²) in [5.41, 5.74) is 0.792. The molecule has 0 bridgehead atoms. The molecule has 2 atom stereocenters. The number of nitro groups is 1. The van der Waals surface area contributed by atoms with Crippen molar-refractivity contribution in [3.8, 4) is 0 Å². The van der Waals surface area contributed by atoms with Crippen LogP contribution in [-0.2, 0) is 20.7 Å². The SMILES string of the molecule is O=C(O)CCOCCCN1C(=O)CCCC1C=CC(O)Cc1ccc([N+](=O)[O-])cc1. The number of hydrogen-bond acceptors (Lipinski definition) is 6. The first-order valence-corrected chi connectivity index (χ1v) is 10.1. The number of benzene rings is 1. The Bertz CT molecular complexity index is 748. The lowest BCUT2D eigenvalue weighted by molar-refractivity contribution is -0.384. The van der Waals surface area contributed by atoms with Gasteiger partial charge in [0.05, 0.1) is 30.1 Å². The number of aliphatic hydroxyl groups excluding tert-OH is 1. The molecule has 1 aromatic carbocycles. The first kappa shape index (κ1) is 23.5. The molecule has 1 heterocycles. The van der Waals surface area contributed by atoms with Gasteiger partial charge in [-0.05, 0) is 24.8 Å². The molecule has 2 rings (SSSR count). The van der Waals surface area contributed by atoms with E-state index in [0.29, 0.717) is 32.4 Å². The fraction of sp³-hybridized carbons (Fsp3) is 0.524. The lowest BCUT2D eigenvalue weighted by Gasteiger charge is -2.34. The summed E-state index contributed by atoms with van der Waals surface area (Å²) < 4.78 is 5.27. The van der Waals surface area contributed by atoms with Crippen LogP contribution in [0, 0.1) is 10.1 Å². The molecule has 1 aliphatic heterocycles. The Morgan fingerprint density at radius 3 is 2.73 bits per heavy atom. The molecular weight excluding hydrogens is 392 g/mol. The minimum atomic E-state index is -0.904. The standard InChI is InChI=1S/C21H28N2O7/c24-19(15-16-5-7-18(8-6-16)23(28)29)10-9-17-3-1-4-20(25)22(17)12-2-13-30-14-11-21(26)27/h5-10,17,19,24H,1-4,11-15H2,(H,26,27). The maximum atomic E-state index is 12.3. The van der Waals surface area contributed by atoms with Crippen molar-refractivity contribution in [1.29, 1.82) is 0 Å². The number of carboxylic acid groups (broad SMARTS) is 1. The highest BCUT2D eigenvalue weighted by molar-refractivity contribution is 5.77. The third kappa shape index (κ3) is 7.92. The molecule has 1 amide bonds. The number of nitrogens with zero attached hydrogens (tertiary/aromatic N) is 2. The lowest BCUT2D eigenvalue weighted by atomic mass is 9.99. The number of amides is 1. The number of carbonyl (C=O) groups is 2. The third-order valence-corrected chi connectivity index (χ3v) is 4.91. The summed E-state index contributed by atoms with van der Waals surface area (Å²) in [6, 6.07) is 5.96. The van der Waals surface area contributed by atoms with Gasteiger partial charge in [0.2, 0.25) is 5.91 Å². The first-order chi connectivity index (χ1) is 14.4. The second-order valence-electron chi connectivity index (χ2n) is 7.24. The van der Waals surface area contributed by atoms with Gasteiger partial charge >= 0.3 is 5.97 Å². The normalized spacial score (nSPS) is 18.0. The maximum Gasteiger partial charge on any atom is 0.305 e. The molecule has 2 unspecified atom stereocenters. The average molecular weight is 420 g/mol. The summed E-state index contributed by atoms with van der Waals surface area (Å²) in [5.74, 6) is -0.843. The fourth-order valence-corrected chi connectivity index (χ4v) is 3.36. The molecule has 1 saturated heterocycles. The highest BCUT2D eigenvalue weighted by Gasteiger charge is 2.25. The van der Waals surface area contributed by atoms with Crippen LogP contribution in [-0.4, -0.2) is 63.8 Å². The van der Waals surface area contributed by atoms with Crippen LogP contribution < -0.4 is 0 Å². The van der Waals surface area contributed by atoms with Crippen LogP contribution in [0.4, 0.5) is 5.69 Å². The zero-order valence-corrected chi connectivity index (χ0v) is 16.8. The van der Waals surface area contributed by atoms with Crippen molar-refractivity contribution in [2.24, 2.45) is 0 Å². The van der Waals surface area contributed by atoms with E-state index in [1.54, 1.807) is 23.1 Å². The quantitative estimate of drug-likeness (QED) is 0.230. The molecule has 0 aliphatic carbocycles. The molecule has 9 nitrogen and oxygen atoms in total. The number of likely N-dealkylation sites (tertiary alicyclic amines) is 1. The van der Waals surface area contributed by atoms with Crippen LogP contribution in [0.5, 0.6) is 0 Å². The average Bonchev–Trinajstić information content (AvgIpc) is 2.70. The van der Waals surface area contributed by atoms with E-state index < -0.39 is 17.0 Å². The van der Waals surface area contributed by atoms with Crippen molar-refractivity contribution >= 4 is 17.6 Å². The van der Waals surface area contributed by atoms with Crippen LogP contribution in [0.2, 0.25) is 0 Å². The van der Waals surface area contributed by atoms with Gasteiger partial charge in [-0.2, -0.15) is 0 Å². The van der Waals surface area contributed by atoms with Crippen LogP contribution in [0.15, 0.2) is 36.4 Å². The fourth-order valence-electron chi connectivity index (χ4n) is 3.36. The number of aliphatic carboxylic acids is 1. The number of nitro benzene ring substituents is 1. The van der Waals surface area contributed by atoms with E-state index in [1.165, 1.54) is 12.1 Å². The minimum absolute atomic E-state index is 0.00656. The third-order valence-electron chi connectivity index (χ3n) is 4.91. The Balaban J connectivity index is 1.83. The van der Waals surface area contributed by atoms with E-state index in [0.717, 1.165) is 18.4 Å². The molecule has 2 N–H and O–H groups in total. The van der Waals surface area contributed by atoms with Crippen molar-refractivity contribution in [3.63, 3.8) is 0 Å². The second-order valence-corrected chi connectivity index (χ2v) is 7.24. The molecule has 0 spiro atoms. The zero-order valence-electron chi connectivity index (χ0n) is 16.8. The van der Waals surface area contributed by atoms with Crippen LogP contribution >= 0.6 is 0 Å². The van der Waals surface area contributed by atoms with E-state index in [1.807, 2.05) is 6.08 Å². The summed E-state index contributed by atoms with van der Waals surface area (Å²) in [4.78, 5) is 34.8. The molecule has 0 radical (unpaired) electrons. The Labute approximate surface area is 175 Å². The highest BCUT2D eigenvalue weighted by Crippen LogP contribution is 2.20. The molecule has 9 heteroatoms. The van der Waals surface area contributed by atoms with E-state index >= 15 is 0 Å². The predicted octanol–water partition coefficient (Wildman–Crippen LogP) is 2.32. The van der Waals surface area contributed by atoms with Gasteiger partial charge in [-0.3, -0.25) is 19.7 Å². The number of non-ortho nitro benzene ring substituents is 1. The molecular formula is C21H28N2O7. The van der Waals surface area contributed by atoms with E-state index in [4.69, 9.17) is 9.84 Å². The molecule has 1 aliphatic rings. The second kappa shape index (κ2) is 12.0. The smallest absolute Gasteiger partial charge is 0.305 e. The highest BCUT2D eigenvalue weighted by atomic mass is 16.6. The van der Waals surface area contributed by atoms with Gasteiger partial charge in [-0.15, -0.1) is 0 Å². The number of piperidine rings is 1. The van der Waals surface area contributed by atoms with Crippen LogP contribution in [0.1, 0.15) is 37.7 Å². The Hall–Kier alpha value is -2.78. The summed E-state index contributed by atoms with van der Waals surface area (Å²) in [5, 5.41) is 29.6. The van der Waals surface area contributed by atoms with Crippen molar-refractivity contribution in [2.45, 2.75) is 50.7 Å². The van der Waals surface area contributed by atoms with Gasteiger partial charge in [0.15, 0.2) is 0 Å². The molecule has 0 aromatic heterocycles. The van der Waals surface area contributed by atoms with Crippen molar-refractivity contribution < 1.29 is 29.5 Å². The largest absolute Gasteiger partial charge is 0.481 e. The van der Waals surface area contributed by atoms with Gasteiger partial charge in [0.1, 0.15) is 0 Å². The van der Waals surface area contributed by atoms with Gasteiger partial charge in [0, 0.05) is 38.1 Å². The molecule has 30 heavy (non-hydrogen) atoms. The van der Waals surface area contributed by atoms with Crippen LogP contribution in [0.25, 0.3) is 0 Å². The van der Waals surface area contributed by atoms with Gasteiger partial charge in [0.25, 0.3) is 5.69 Å². The molecule has 0 saturated carbocycles. The van der Waals surface area contributed by atoms with E-state index in [-0.39, 0.29) is 30.7 Å². The monoisotopic (exact) mass is 420 g/mol. The Morgan fingerprint density at radius 2 is 2.07 bits per heavy atom. The summed E-state index contributed by atoms with van der Waals surface area (Å²) >= 11 is 0. The lowest BCUT2D eigenvalue weighted by Crippen LogP contribution is -2.43. The minimum Gasteiger partial charge on any atom is -0.481 e. The van der Waals surface area contributed by atoms with Crippen molar-refractivity contribution in [2.75, 3.05) is 19.8 Å². The number of hydrogen-bond donors (Lipinski definition) is 2. The van der Waals surface area contributed by atoms with Crippen LogP contribution in [0.3, 0.4) is 0 Å². The predicted molar refractivity (Wildman–Crippen MR) is 109 cm³/mol. The van der Waals surface area contributed by atoms with E-state index in [9.17, 15) is 24.8 Å². The number of aliphatic hydroxyl groups is 1. The molecule has 164 valence electrons. The summed E-state index contributed by atoms with van der Waals surface area (Å²) in [6.45, 7) is 1.05. The summed E-state index contributed by atoms with van der Waals surface area (Å²) in [7, 11) is 0. The topological polar surface area (TPSA) is 130 Å². The molecule has 1 fully saturated rings. The van der Waals surface area contributed by atoms with E-state index in [2.05, 4.69) is 0 Å². The van der Waals surface area contributed by atoms with Crippen molar-refractivity contribution in [3.05, 3.63) is 52.1 Å². The first-order valence-electron chi connectivity index (χ1n) is 10.1. The maximum absolute atomic E-state index is 12.3. The summed E-state index contributed by atoms with van der Waals surface area (Å²) in [6.07, 6.45) is 5.75. The van der Waals surface area contributed by atoms with Crippen molar-refractivity contribution in [1.82, 2.24) is 4.90 Å². The number of ether oxygens (including phenoxy) is 1. The van der Waals surface area contributed by atoms with Gasteiger partial charge in [-0.25, -0.2) is 0 Å². The van der Waals surface area contributed by atoms with Gasteiger partial charge in [-0.1, -0.05) is 24.3 Å². The Morgan fingerprint density at radius 1 is 1.33 bits per heavy atom. The Kier molecular flexibility index (Phi) is 9.43.